The summed E-state index contributed by atoms with van der Waals surface area (Å²) in [5.41, 5.74) is 6.23. The minimum atomic E-state index is -0.178. The van der Waals surface area contributed by atoms with E-state index in [1.54, 1.807) is 19.3 Å². The van der Waals surface area contributed by atoms with Crippen LogP contribution in [0.1, 0.15) is 6.92 Å². The van der Waals surface area contributed by atoms with Crippen LogP contribution in [0.5, 0.6) is 0 Å². The molecule has 1 aromatic heterocycles. The van der Waals surface area contributed by atoms with Gasteiger partial charge in [0.25, 0.3) is 0 Å². The van der Waals surface area contributed by atoms with E-state index in [0.29, 0.717) is 6.54 Å². The molecule has 0 radical (unpaired) electrons. The normalized spacial score (nSPS) is 12.4. The Morgan fingerprint density at radius 1 is 1.41 bits per heavy atom. The van der Waals surface area contributed by atoms with Gasteiger partial charge in [-0.25, -0.2) is 0 Å². The van der Waals surface area contributed by atoms with Crippen LogP contribution in [-0.2, 0) is 4.79 Å². The van der Waals surface area contributed by atoms with E-state index < -0.39 is 0 Å². The molecule has 1 aromatic carbocycles. The van der Waals surface area contributed by atoms with Crippen LogP contribution in [0.15, 0.2) is 36.7 Å². The minimum Gasteiger partial charge on any atom is -0.330 e. The average Bonchev–Trinajstić information content (AvgIpc) is 2.37. The number of amides is 1. The van der Waals surface area contributed by atoms with Crippen molar-refractivity contribution in [2.45, 2.75) is 6.92 Å². The fraction of sp³-hybridized carbons (Fsp3) is 0.231. The van der Waals surface area contributed by atoms with Gasteiger partial charge in [0.15, 0.2) is 0 Å². The summed E-state index contributed by atoms with van der Waals surface area (Å²) in [4.78, 5) is 15.7. The van der Waals surface area contributed by atoms with Crippen molar-refractivity contribution in [3.05, 3.63) is 36.7 Å². The van der Waals surface area contributed by atoms with Crippen molar-refractivity contribution in [1.29, 1.82) is 0 Å². The number of hydrogen-bond acceptors (Lipinski definition) is 3. The second-order valence-electron chi connectivity index (χ2n) is 4.06. The van der Waals surface area contributed by atoms with Gasteiger partial charge in [-0.3, -0.25) is 9.78 Å². The van der Waals surface area contributed by atoms with Crippen LogP contribution in [0.3, 0.4) is 0 Å². The van der Waals surface area contributed by atoms with E-state index in [1.807, 2.05) is 24.3 Å². The van der Waals surface area contributed by atoms with Gasteiger partial charge in [0.2, 0.25) is 5.91 Å². The lowest BCUT2D eigenvalue weighted by molar-refractivity contribution is -0.119. The van der Waals surface area contributed by atoms with E-state index in [0.717, 1.165) is 16.5 Å². The van der Waals surface area contributed by atoms with Gasteiger partial charge in [0.1, 0.15) is 0 Å². The van der Waals surface area contributed by atoms with Crippen LogP contribution in [0.4, 0.5) is 5.69 Å². The fourth-order valence-electron chi connectivity index (χ4n) is 1.53. The summed E-state index contributed by atoms with van der Waals surface area (Å²) in [6.45, 7) is 2.16. The van der Waals surface area contributed by atoms with Gasteiger partial charge in [-0.2, -0.15) is 0 Å². The number of carbonyl (C=O) groups is 1. The second-order valence-corrected chi connectivity index (χ2v) is 4.06. The largest absolute Gasteiger partial charge is 0.330 e. The first kappa shape index (κ1) is 11.5. The molecule has 2 aromatic rings. The molecule has 4 nitrogen and oxygen atoms in total. The standard InChI is InChI=1S/C13H15N3O/c1-9(7-14)13(17)16-12-3-2-11-8-15-5-4-10(11)6-12/h2-6,8-9H,7,14H2,1H3,(H,16,17)/t9-/m1/s1. The van der Waals surface area contributed by atoms with E-state index in [1.165, 1.54) is 0 Å². The van der Waals surface area contributed by atoms with E-state index >= 15 is 0 Å². The van der Waals surface area contributed by atoms with Gasteiger partial charge in [-0.15, -0.1) is 0 Å². The quantitative estimate of drug-likeness (QED) is 0.842. The zero-order chi connectivity index (χ0) is 12.3. The Kier molecular flexibility index (Phi) is 3.35. The summed E-state index contributed by atoms with van der Waals surface area (Å²) in [7, 11) is 0. The number of pyridine rings is 1. The van der Waals surface area contributed by atoms with E-state index in [2.05, 4.69) is 10.3 Å². The first-order valence-corrected chi connectivity index (χ1v) is 5.55. The summed E-state index contributed by atoms with van der Waals surface area (Å²) >= 11 is 0. The Labute approximate surface area is 99.8 Å². The number of hydrogen-bond donors (Lipinski definition) is 2. The molecule has 0 spiro atoms. The molecule has 2 rings (SSSR count). The molecule has 4 heteroatoms. The smallest absolute Gasteiger partial charge is 0.228 e. The SMILES string of the molecule is C[C@H](CN)C(=O)Nc1ccc2cnccc2c1. The Bertz CT molecular complexity index is 539. The molecule has 0 bridgehead atoms. The topological polar surface area (TPSA) is 68.0 Å². The molecular weight excluding hydrogens is 214 g/mol. The third kappa shape index (κ3) is 2.60. The highest BCUT2D eigenvalue weighted by Gasteiger charge is 2.10. The molecule has 0 fully saturated rings. The molecule has 0 unspecified atom stereocenters. The minimum absolute atomic E-state index is 0.0547. The number of nitrogens with one attached hydrogen (secondary N) is 1. The van der Waals surface area contributed by atoms with Crippen molar-refractivity contribution >= 4 is 22.4 Å². The highest BCUT2D eigenvalue weighted by Crippen LogP contribution is 2.18. The first-order valence-electron chi connectivity index (χ1n) is 5.55. The van der Waals surface area contributed by atoms with Crippen LogP contribution in [0, 0.1) is 5.92 Å². The Morgan fingerprint density at radius 3 is 3.00 bits per heavy atom. The fourth-order valence-corrected chi connectivity index (χ4v) is 1.53. The van der Waals surface area contributed by atoms with Gasteiger partial charge >= 0.3 is 0 Å². The number of benzene rings is 1. The molecule has 1 atom stereocenters. The van der Waals surface area contributed by atoms with Crippen molar-refractivity contribution in [3.63, 3.8) is 0 Å². The second kappa shape index (κ2) is 4.93. The summed E-state index contributed by atoms with van der Waals surface area (Å²) in [5.74, 6) is -0.232. The average molecular weight is 229 g/mol. The molecule has 0 saturated carbocycles. The number of fused-ring (bicyclic) bond motifs is 1. The molecule has 0 saturated heterocycles. The molecule has 17 heavy (non-hydrogen) atoms. The maximum Gasteiger partial charge on any atom is 0.228 e. The lowest BCUT2D eigenvalue weighted by Crippen LogP contribution is -2.26. The molecule has 88 valence electrons. The molecule has 0 aliphatic rings. The van der Waals surface area contributed by atoms with Crippen LogP contribution >= 0.6 is 0 Å². The third-order valence-corrected chi connectivity index (χ3v) is 2.71. The van der Waals surface area contributed by atoms with Crippen LogP contribution < -0.4 is 11.1 Å². The molecule has 1 amide bonds. The number of carbonyl (C=O) groups excluding carboxylic acids is 1. The number of rotatable bonds is 3. The summed E-state index contributed by atoms with van der Waals surface area (Å²) < 4.78 is 0. The number of anilines is 1. The third-order valence-electron chi connectivity index (χ3n) is 2.71. The number of nitrogens with zero attached hydrogens (tertiary/aromatic N) is 1. The van der Waals surface area contributed by atoms with Crippen LogP contribution in [0.2, 0.25) is 0 Å². The molecule has 1 heterocycles. The number of nitrogens with two attached hydrogens (primary N) is 1. The lowest BCUT2D eigenvalue weighted by Gasteiger charge is -2.10. The van der Waals surface area contributed by atoms with Gasteiger partial charge in [-0.1, -0.05) is 13.0 Å². The molecular formula is C13H15N3O. The van der Waals surface area contributed by atoms with Crippen LogP contribution in [-0.4, -0.2) is 17.4 Å². The summed E-state index contributed by atoms with van der Waals surface area (Å²) in [5, 5.41) is 4.95. The summed E-state index contributed by atoms with van der Waals surface area (Å²) in [6, 6.07) is 7.64. The highest BCUT2D eigenvalue weighted by atomic mass is 16.1. The maximum atomic E-state index is 11.7. The lowest BCUT2D eigenvalue weighted by atomic mass is 10.1. The monoisotopic (exact) mass is 229 g/mol. The zero-order valence-electron chi connectivity index (χ0n) is 9.68. The first-order chi connectivity index (χ1) is 8.20. The zero-order valence-corrected chi connectivity index (χ0v) is 9.68. The predicted molar refractivity (Wildman–Crippen MR) is 68.6 cm³/mol. The van der Waals surface area contributed by atoms with Crippen LogP contribution in [0.25, 0.3) is 10.8 Å². The van der Waals surface area contributed by atoms with E-state index in [9.17, 15) is 4.79 Å². The molecule has 0 aliphatic heterocycles. The van der Waals surface area contributed by atoms with Gasteiger partial charge < -0.3 is 11.1 Å². The van der Waals surface area contributed by atoms with E-state index in [-0.39, 0.29) is 11.8 Å². The van der Waals surface area contributed by atoms with Crippen molar-refractivity contribution in [2.24, 2.45) is 11.7 Å². The van der Waals surface area contributed by atoms with Crippen molar-refractivity contribution in [2.75, 3.05) is 11.9 Å². The van der Waals surface area contributed by atoms with Crippen molar-refractivity contribution in [1.82, 2.24) is 4.98 Å². The van der Waals surface area contributed by atoms with E-state index in [4.69, 9.17) is 5.73 Å². The summed E-state index contributed by atoms with van der Waals surface area (Å²) in [6.07, 6.45) is 3.53. The molecule has 0 aliphatic carbocycles. The predicted octanol–water partition coefficient (Wildman–Crippen LogP) is 1.77. The highest BCUT2D eigenvalue weighted by molar-refractivity contribution is 5.95. The van der Waals surface area contributed by atoms with Gasteiger partial charge in [0, 0.05) is 35.9 Å². The van der Waals surface area contributed by atoms with Crippen molar-refractivity contribution < 1.29 is 4.79 Å². The number of aromatic nitrogens is 1. The van der Waals surface area contributed by atoms with Gasteiger partial charge in [0.05, 0.1) is 0 Å². The Morgan fingerprint density at radius 2 is 2.24 bits per heavy atom. The van der Waals surface area contributed by atoms with Crippen molar-refractivity contribution in [3.8, 4) is 0 Å². The Balaban J connectivity index is 2.22. The van der Waals surface area contributed by atoms with Gasteiger partial charge in [-0.05, 0) is 23.6 Å². The maximum absolute atomic E-state index is 11.7. The molecule has 3 N–H and O–H groups in total. The Hall–Kier alpha value is -1.94.